The normalized spacial score (nSPS) is 18.8. The van der Waals surface area contributed by atoms with Crippen molar-refractivity contribution in [3.63, 3.8) is 0 Å². The van der Waals surface area contributed by atoms with Crippen LogP contribution in [0.2, 0.25) is 0 Å². The highest BCUT2D eigenvalue weighted by Crippen LogP contribution is 2.25. The molecule has 1 atom stereocenters. The molecule has 1 N–H and O–H groups in total. The maximum atomic E-state index is 11.7. The Labute approximate surface area is 135 Å². The number of nitrogens with one attached hydrogen (secondary N) is 1. The molecule has 1 fully saturated rings. The van der Waals surface area contributed by atoms with Gasteiger partial charge in [-0.2, -0.15) is 0 Å². The predicted octanol–water partition coefficient (Wildman–Crippen LogP) is 1.92. The Balaban J connectivity index is 1.79. The minimum absolute atomic E-state index is 0.240. The molecule has 0 aliphatic carbocycles. The van der Waals surface area contributed by atoms with Gasteiger partial charge in [0.15, 0.2) is 0 Å². The number of aryl methyl sites for hydroxylation is 1. The molecular weight excluding hydrogens is 294 g/mol. The molecule has 122 valence electrons. The molecule has 0 amide bonds. The molecule has 6 heteroatoms. The molecule has 2 aromatic heterocycles. The number of pyridine rings is 1. The minimum atomic E-state index is -0.360. The summed E-state index contributed by atoms with van der Waals surface area (Å²) < 4.78 is 10.5. The number of furan rings is 1. The first-order valence-corrected chi connectivity index (χ1v) is 7.71. The van der Waals surface area contributed by atoms with Crippen molar-refractivity contribution >= 4 is 5.97 Å². The molecule has 0 aromatic carbocycles. The summed E-state index contributed by atoms with van der Waals surface area (Å²) in [6.45, 7) is 5.15. The van der Waals surface area contributed by atoms with Crippen LogP contribution in [-0.4, -0.2) is 42.6 Å². The Bertz CT molecular complexity index is 669. The van der Waals surface area contributed by atoms with Crippen LogP contribution >= 0.6 is 0 Å². The second-order valence-corrected chi connectivity index (χ2v) is 5.65. The highest BCUT2D eigenvalue weighted by Gasteiger charge is 2.26. The topological polar surface area (TPSA) is 67.6 Å². The molecule has 0 bridgehead atoms. The first kappa shape index (κ1) is 15.7. The van der Waals surface area contributed by atoms with E-state index in [1.807, 2.05) is 12.3 Å². The molecule has 2 aromatic rings. The van der Waals surface area contributed by atoms with E-state index < -0.39 is 0 Å². The van der Waals surface area contributed by atoms with E-state index in [1.54, 1.807) is 19.2 Å². The second-order valence-electron chi connectivity index (χ2n) is 5.65. The summed E-state index contributed by atoms with van der Waals surface area (Å²) in [5.41, 5.74) is 1.67. The van der Waals surface area contributed by atoms with E-state index in [2.05, 4.69) is 21.3 Å². The number of nitrogens with zero attached hydrogens (tertiary/aromatic N) is 2. The van der Waals surface area contributed by atoms with Gasteiger partial charge in [0.2, 0.25) is 0 Å². The molecular formula is C17H21N3O3. The lowest BCUT2D eigenvalue weighted by Gasteiger charge is -2.35. The van der Waals surface area contributed by atoms with Gasteiger partial charge in [-0.3, -0.25) is 9.88 Å². The number of piperazine rings is 1. The van der Waals surface area contributed by atoms with Gasteiger partial charge in [0.05, 0.1) is 13.7 Å². The summed E-state index contributed by atoms with van der Waals surface area (Å²) >= 11 is 0. The Kier molecular flexibility index (Phi) is 4.73. The Morgan fingerprint density at radius 3 is 3.17 bits per heavy atom. The van der Waals surface area contributed by atoms with Crippen molar-refractivity contribution in [1.29, 1.82) is 0 Å². The van der Waals surface area contributed by atoms with Gasteiger partial charge >= 0.3 is 5.97 Å². The van der Waals surface area contributed by atoms with Crippen molar-refractivity contribution in [2.75, 3.05) is 26.7 Å². The third kappa shape index (κ3) is 3.43. The molecule has 1 unspecified atom stereocenters. The molecule has 6 nitrogen and oxygen atoms in total. The quantitative estimate of drug-likeness (QED) is 0.870. The molecule has 1 aliphatic rings. The lowest BCUT2D eigenvalue weighted by atomic mass is 10.1. The van der Waals surface area contributed by atoms with Gasteiger partial charge in [-0.15, -0.1) is 0 Å². The number of carbonyl (C=O) groups excluding carboxylic acids is 1. The van der Waals surface area contributed by atoms with Gasteiger partial charge in [0.25, 0.3) is 0 Å². The van der Waals surface area contributed by atoms with E-state index in [-0.39, 0.29) is 12.0 Å². The van der Waals surface area contributed by atoms with Gasteiger partial charge in [0, 0.05) is 38.1 Å². The van der Waals surface area contributed by atoms with Crippen LogP contribution in [0.15, 0.2) is 35.0 Å². The average Bonchev–Trinajstić information content (AvgIpc) is 2.96. The van der Waals surface area contributed by atoms with Crippen molar-refractivity contribution in [2.45, 2.75) is 19.5 Å². The largest absolute Gasteiger partial charge is 0.465 e. The number of hydrogen-bond acceptors (Lipinski definition) is 6. The number of aromatic nitrogens is 1. The summed E-state index contributed by atoms with van der Waals surface area (Å²) in [5.74, 6) is 1.01. The van der Waals surface area contributed by atoms with Gasteiger partial charge in [0.1, 0.15) is 17.1 Å². The fourth-order valence-electron chi connectivity index (χ4n) is 2.97. The maximum absolute atomic E-state index is 11.7. The minimum Gasteiger partial charge on any atom is -0.465 e. The van der Waals surface area contributed by atoms with Crippen LogP contribution in [0.3, 0.4) is 0 Å². The average molecular weight is 315 g/mol. The van der Waals surface area contributed by atoms with Crippen LogP contribution in [0, 0.1) is 6.92 Å². The monoisotopic (exact) mass is 315 g/mol. The molecule has 0 radical (unpaired) electrons. The fourth-order valence-corrected chi connectivity index (χ4v) is 2.97. The zero-order chi connectivity index (χ0) is 16.2. The standard InChI is InChI=1S/C17H21N3O3/c1-12-15(17(21)22-2)8-14(23-12)11-20-7-6-19-10-16(20)13-4-3-5-18-9-13/h3-5,8-9,16,19H,6-7,10-11H2,1-2H3. The molecule has 1 aliphatic heterocycles. The molecule has 23 heavy (non-hydrogen) atoms. The van der Waals surface area contributed by atoms with E-state index in [0.29, 0.717) is 17.9 Å². The molecule has 3 rings (SSSR count). The van der Waals surface area contributed by atoms with Crippen LogP contribution in [0.1, 0.15) is 33.5 Å². The molecule has 0 spiro atoms. The van der Waals surface area contributed by atoms with Gasteiger partial charge in [-0.05, 0) is 24.6 Å². The van der Waals surface area contributed by atoms with Crippen molar-refractivity contribution in [2.24, 2.45) is 0 Å². The lowest BCUT2D eigenvalue weighted by molar-refractivity contribution is 0.0599. The third-order valence-electron chi connectivity index (χ3n) is 4.16. The van der Waals surface area contributed by atoms with Gasteiger partial charge in [-0.25, -0.2) is 4.79 Å². The van der Waals surface area contributed by atoms with Crippen LogP contribution in [-0.2, 0) is 11.3 Å². The molecule has 1 saturated heterocycles. The number of methoxy groups -OCH3 is 1. The van der Waals surface area contributed by atoms with Gasteiger partial charge in [-0.1, -0.05) is 6.07 Å². The smallest absolute Gasteiger partial charge is 0.341 e. The molecule has 3 heterocycles. The number of carbonyl (C=O) groups is 1. The first-order chi connectivity index (χ1) is 11.2. The second kappa shape index (κ2) is 6.93. The number of ether oxygens (including phenoxy) is 1. The first-order valence-electron chi connectivity index (χ1n) is 7.71. The van der Waals surface area contributed by atoms with Crippen LogP contribution < -0.4 is 5.32 Å². The number of esters is 1. The van der Waals surface area contributed by atoms with Crippen molar-refractivity contribution < 1.29 is 13.9 Å². The van der Waals surface area contributed by atoms with Crippen LogP contribution in [0.4, 0.5) is 0 Å². The maximum Gasteiger partial charge on any atom is 0.341 e. The summed E-state index contributed by atoms with van der Waals surface area (Å²) in [6, 6.07) is 6.06. The molecule has 0 saturated carbocycles. The number of rotatable bonds is 4. The SMILES string of the molecule is COC(=O)c1cc(CN2CCNCC2c2cccnc2)oc1C. The van der Waals surface area contributed by atoms with Crippen molar-refractivity contribution in [3.05, 3.63) is 53.2 Å². The summed E-state index contributed by atoms with van der Waals surface area (Å²) in [7, 11) is 1.38. The van der Waals surface area contributed by atoms with Crippen LogP contribution in [0.25, 0.3) is 0 Å². The van der Waals surface area contributed by atoms with Crippen molar-refractivity contribution in [1.82, 2.24) is 15.2 Å². The highest BCUT2D eigenvalue weighted by molar-refractivity contribution is 5.90. The third-order valence-corrected chi connectivity index (χ3v) is 4.16. The summed E-state index contributed by atoms with van der Waals surface area (Å²) in [6.07, 6.45) is 3.68. The van der Waals surface area contributed by atoms with E-state index in [1.165, 1.54) is 12.7 Å². The van der Waals surface area contributed by atoms with Gasteiger partial charge < -0.3 is 14.5 Å². The van der Waals surface area contributed by atoms with Crippen molar-refractivity contribution in [3.8, 4) is 0 Å². The summed E-state index contributed by atoms with van der Waals surface area (Å²) in [4.78, 5) is 18.3. The van der Waals surface area contributed by atoms with E-state index >= 15 is 0 Å². The Morgan fingerprint density at radius 1 is 1.57 bits per heavy atom. The fraction of sp³-hybridized carbons (Fsp3) is 0.412. The Morgan fingerprint density at radius 2 is 2.43 bits per heavy atom. The zero-order valence-electron chi connectivity index (χ0n) is 13.4. The predicted molar refractivity (Wildman–Crippen MR) is 85.0 cm³/mol. The summed E-state index contributed by atoms with van der Waals surface area (Å²) in [5, 5.41) is 3.42. The lowest BCUT2D eigenvalue weighted by Crippen LogP contribution is -2.45. The van der Waals surface area contributed by atoms with E-state index in [9.17, 15) is 4.79 Å². The Hall–Kier alpha value is -2.18. The van der Waals surface area contributed by atoms with Crippen LogP contribution in [0.5, 0.6) is 0 Å². The number of hydrogen-bond donors (Lipinski definition) is 1. The van der Waals surface area contributed by atoms with E-state index in [0.717, 1.165) is 25.4 Å². The van der Waals surface area contributed by atoms with E-state index in [4.69, 9.17) is 9.15 Å². The highest BCUT2D eigenvalue weighted by atomic mass is 16.5. The zero-order valence-corrected chi connectivity index (χ0v) is 13.4.